The molecule has 0 radical (unpaired) electrons. The Morgan fingerprint density at radius 2 is 2.36 bits per heavy atom. The first-order valence-corrected chi connectivity index (χ1v) is 5.89. The number of aliphatic imine (C=N–C) groups is 1. The van der Waals surface area contributed by atoms with Crippen molar-refractivity contribution >= 4 is 16.9 Å². The zero-order valence-electron chi connectivity index (χ0n) is 8.09. The molecule has 1 heterocycles. The predicted molar refractivity (Wildman–Crippen MR) is 55.1 cm³/mol. The van der Waals surface area contributed by atoms with Crippen LogP contribution in [0.3, 0.4) is 0 Å². The summed E-state index contributed by atoms with van der Waals surface area (Å²) in [7, 11) is 0. The molecule has 0 bridgehead atoms. The molecule has 2 fully saturated rings. The zero-order valence-corrected chi connectivity index (χ0v) is 8.91. The highest BCUT2D eigenvalue weighted by Crippen LogP contribution is 2.36. The normalized spacial score (nSPS) is 38.9. The Balaban J connectivity index is 1.92. The lowest BCUT2D eigenvalue weighted by molar-refractivity contribution is 0.00809. The van der Waals surface area contributed by atoms with E-state index in [0.717, 1.165) is 10.9 Å². The van der Waals surface area contributed by atoms with Gasteiger partial charge in [-0.25, -0.2) is 8.78 Å². The van der Waals surface area contributed by atoms with Gasteiger partial charge in [-0.3, -0.25) is 4.99 Å². The van der Waals surface area contributed by atoms with Crippen molar-refractivity contribution in [2.45, 2.75) is 44.2 Å². The number of halogens is 2. The summed E-state index contributed by atoms with van der Waals surface area (Å²) in [6.07, 6.45) is 0.439. The first-order valence-electron chi connectivity index (χ1n) is 4.90. The monoisotopic (exact) mass is 220 g/mol. The summed E-state index contributed by atoms with van der Waals surface area (Å²) in [6, 6.07) is 0.242. The fraction of sp³-hybridized carbons (Fsp3) is 0.889. The van der Waals surface area contributed by atoms with Crippen molar-refractivity contribution in [2.24, 2.45) is 4.99 Å². The molecule has 0 amide bonds. The third-order valence-corrected chi connectivity index (χ3v) is 3.68. The lowest BCUT2D eigenvalue weighted by Crippen LogP contribution is -2.24. The molecule has 1 saturated carbocycles. The molecule has 1 N–H and O–H groups in total. The fourth-order valence-corrected chi connectivity index (χ4v) is 2.77. The number of hydrogen-bond donors (Lipinski definition) is 1. The van der Waals surface area contributed by atoms with Crippen LogP contribution in [0.4, 0.5) is 8.78 Å². The maximum Gasteiger partial charge on any atom is 0.250 e. The van der Waals surface area contributed by atoms with Crippen LogP contribution in [-0.2, 0) is 0 Å². The minimum atomic E-state index is -2.48. The smallest absolute Gasteiger partial charge is 0.250 e. The molecule has 1 aliphatic carbocycles. The number of hydrogen-bond acceptors (Lipinski definition) is 2. The van der Waals surface area contributed by atoms with Crippen LogP contribution in [0.25, 0.3) is 0 Å². The number of alkyl halides is 2. The Bertz CT molecular complexity index is 255. The second kappa shape index (κ2) is 3.68. The van der Waals surface area contributed by atoms with E-state index in [0.29, 0.717) is 12.5 Å². The highest BCUT2D eigenvalue weighted by molar-refractivity contribution is 8.14. The van der Waals surface area contributed by atoms with Gasteiger partial charge in [-0.2, -0.15) is 0 Å². The average molecular weight is 220 g/mol. The maximum atomic E-state index is 12.8. The summed E-state index contributed by atoms with van der Waals surface area (Å²) in [5.74, 6) is -1.49. The molecule has 0 aromatic heterocycles. The van der Waals surface area contributed by atoms with Gasteiger partial charge in [0, 0.05) is 24.6 Å². The standard InChI is InChI=1S/C9H14F2N2S/c1-6-5-14-8(12-6)13-7-2-3-9(10,11)4-7/h6-7H,2-5H2,1H3,(H,12,13). The third kappa shape index (κ3) is 2.38. The van der Waals surface area contributed by atoms with E-state index < -0.39 is 5.92 Å². The van der Waals surface area contributed by atoms with Crippen LogP contribution in [0.5, 0.6) is 0 Å². The van der Waals surface area contributed by atoms with Crippen molar-refractivity contribution in [3.8, 4) is 0 Å². The summed E-state index contributed by atoms with van der Waals surface area (Å²) in [5, 5.41) is 4.02. The topological polar surface area (TPSA) is 24.4 Å². The molecular formula is C9H14F2N2S. The van der Waals surface area contributed by atoms with Gasteiger partial charge in [-0.15, -0.1) is 0 Å². The van der Waals surface area contributed by atoms with Gasteiger partial charge in [0.2, 0.25) is 5.92 Å². The Morgan fingerprint density at radius 3 is 2.86 bits per heavy atom. The summed E-state index contributed by atoms with van der Waals surface area (Å²) >= 11 is 1.63. The molecule has 1 aliphatic heterocycles. The van der Waals surface area contributed by atoms with Gasteiger partial charge in [-0.1, -0.05) is 11.8 Å². The Morgan fingerprint density at radius 1 is 1.57 bits per heavy atom. The van der Waals surface area contributed by atoms with Crippen molar-refractivity contribution in [1.82, 2.24) is 5.32 Å². The van der Waals surface area contributed by atoms with Gasteiger partial charge in [0.15, 0.2) is 5.17 Å². The van der Waals surface area contributed by atoms with Crippen LogP contribution in [-0.4, -0.2) is 28.9 Å². The van der Waals surface area contributed by atoms with Crippen LogP contribution >= 0.6 is 11.8 Å². The summed E-state index contributed by atoms with van der Waals surface area (Å²) in [5.41, 5.74) is 0. The third-order valence-electron chi connectivity index (χ3n) is 2.52. The largest absolute Gasteiger partial charge is 0.362 e. The lowest BCUT2D eigenvalue weighted by Gasteiger charge is -2.07. The van der Waals surface area contributed by atoms with E-state index in [2.05, 4.69) is 17.2 Å². The van der Waals surface area contributed by atoms with Crippen LogP contribution < -0.4 is 5.32 Å². The minimum absolute atomic E-state index is 0.00529. The number of nitrogens with one attached hydrogen (secondary N) is 1. The summed E-state index contributed by atoms with van der Waals surface area (Å²) < 4.78 is 25.7. The molecule has 5 heteroatoms. The zero-order chi connectivity index (χ0) is 10.2. The van der Waals surface area contributed by atoms with Crippen LogP contribution in [0.15, 0.2) is 4.99 Å². The second-order valence-electron chi connectivity index (χ2n) is 4.04. The molecule has 1 saturated heterocycles. The van der Waals surface area contributed by atoms with Crippen molar-refractivity contribution in [3.63, 3.8) is 0 Å². The van der Waals surface area contributed by atoms with E-state index in [1.807, 2.05) is 0 Å². The Kier molecular flexibility index (Phi) is 2.68. The van der Waals surface area contributed by atoms with Crippen molar-refractivity contribution < 1.29 is 8.78 Å². The SMILES string of the molecule is CC1CSC(=NC2CCC(F)(F)C2)N1. The van der Waals surface area contributed by atoms with E-state index >= 15 is 0 Å². The van der Waals surface area contributed by atoms with Crippen LogP contribution in [0.1, 0.15) is 26.2 Å². The van der Waals surface area contributed by atoms with Crippen LogP contribution in [0, 0.1) is 0 Å². The molecule has 2 nitrogen and oxygen atoms in total. The van der Waals surface area contributed by atoms with E-state index in [1.165, 1.54) is 0 Å². The number of thioether (sulfide) groups is 1. The van der Waals surface area contributed by atoms with Crippen LogP contribution in [0.2, 0.25) is 0 Å². The maximum absolute atomic E-state index is 12.8. The quantitative estimate of drug-likeness (QED) is 0.733. The van der Waals surface area contributed by atoms with E-state index in [1.54, 1.807) is 11.8 Å². The van der Waals surface area contributed by atoms with Gasteiger partial charge in [0.05, 0.1) is 6.04 Å². The Labute approximate surface area is 86.5 Å². The summed E-state index contributed by atoms with van der Waals surface area (Å²) in [4.78, 5) is 4.31. The molecule has 2 atom stereocenters. The van der Waals surface area contributed by atoms with E-state index in [4.69, 9.17) is 0 Å². The number of rotatable bonds is 1. The molecule has 0 aromatic rings. The van der Waals surface area contributed by atoms with Gasteiger partial charge in [0.1, 0.15) is 0 Å². The van der Waals surface area contributed by atoms with Gasteiger partial charge >= 0.3 is 0 Å². The van der Waals surface area contributed by atoms with Crippen molar-refractivity contribution in [3.05, 3.63) is 0 Å². The highest BCUT2D eigenvalue weighted by atomic mass is 32.2. The Hall–Kier alpha value is -0.320. The van der Waals surface area contributed by atoms with Gasteiger partial charge in [0.25, 0.3) is 0 Å². The first kappa shape index (κ1) is 10.2. The number of amidine groups is 1. The molecular weight excluding hydrogens is 206 g/mol. The van der Waals surface area contributed by atoms with E-state index in [9.17, 15) is 8.78 Å². The number of nitrogens with zero attached hydrogens (tertiary/aromatic N) is 1. The molecule has 14 heavy (non-hydrogen) atoms. The molecule has 0 spiro atoms. The van der Waals surface area contributed by atoms with Crippen molar-refractivity contribution in [2.75, 3.05) is 5.75 Å². The minimum Gasteiger partial charge on any atom is -0.362 e. The molecule has 80 valence electrons. The molecule has 2 aliphatic rings. The fourth-order valence-electron chi connectivity index (χ4n) is 1.78. The average Bonchev–Trinajstić information content (AvgIpc) is 2.59. The second-order valence-corrected chi connectivity index (χ2v) is 5.05. The van der Waals surface area contributed by atoms with Gasteiger partial charge in [-0.05, 0) is 13.3 Å². The predicted octanol–water partition coefficient (Wildman–Crippen LogP) is 2.26. The highest BCUT2D eigenvalue weighted by Gasteiger charge is 2.39. The molecule has 2 unspecified atom stereocenters. The lowest BCUT2D eigenvalue weighted by atomic mass is 10.2. The first-order chi connectivity index (χ1) is 6.55. The summed E-state index contributed by atoms with van der Waals surface area (Å²) in [6.45, 7) is 2.07. The van der Waals surface area contributed by atoms with Crippen molar-refractivity contribution in [1.29, 1.82) is 0 Å². The van der Waals surface area contributed by atoms with E-state index in [-0.39, 0.29) is 18.9 Å². The molecule has 2 rings (SSSR count). The molecule has 0 aromatic carbocycles. The van der Waals surface area contributed by atoms with Gasteiger partial charge < -0.3 is 5.32 Å².